The van der Waals surface area contributed by atoms with E-state index in [0.29, 0.717) is 12.0 Å². The van der Waals surface area contributed by atoms with Gasteiger partial charge in [0.15, 0.2) is 0 Å². The normalized spacial score (nSPS) is 22.8. The molecule has 0 amide bonds. The Hall–Kier alpha value is 0.170. The van der Waals surface area contributed by atoms with E-state index >= 15 is 0 Å². The van der Waals surface area contributed by atoms with Crippen LogP contribution in [0.4, 0.5) is 0 Å². The summed E-state index contributed by atoms with van der Waals surface area (Å²) in [6, 6.07) is 0.633. The predicted molar refractivity (Wildman–Crippen MR) is 66.8 cm³/mol. The zero-order valence-corrected chi connectivity index (χ0v) is 11.0. The molecule has 1 unspecified atom stereocenters. The van der Waals surface area contributed by atoms with Gasteiger partial charge in [-0.2, -0.15) is 0 Å². The Kier molecular flexibility index (Phi) is 8.43. The minimum atomic E-state index is 0. The third kappa shape index (κ3) is 7.12. The van der Waals surface area contributed by atoms with E-state index in [1.165, 1.54) is 0 Å². The molecule has 1 saturated heterocycles. The molecule has 4 heteroatoms. The molecule has 0 aromatic heterocycles. The van der Waals surface area contributed by atoms with Gasteiger partial charge in [-0.3, -0.25) is 4.90 Å². The molecule has 1 atom stereocenters. The second-order valence-corrected chi connectivity index (χ2v) is 4.62. The summed E-state index contributed by atoms with van der Waals surface area (Å²) in [7, 11) is 0. The third-order valence-electron chi connectivity index (χ3n) is 2.46. The highest BCUT2D eigenvalue weighted by molar-refractivity contribution is 5.85. The molecule has 1 heterocycles. The molecule has 1 aliphatic rings. The molecule has 3 nitrogen and oxygen atoms in total. The largest absolute Gasteiger partial charge is 0.380 e. The van der Waals surface area contributed by atoms with Gasteiger partial charge in [-0.15, -0.1) is 12.4 Å². The summed E-state index contributed by atoms with van der Waals surface area (Å²) in [6.45, 7) is 12.9. The van der Waals surface area contributed by atoms with Gasteiger partial charge < -0.3 is 10.1 Å². The van der Waals surface area contributed by atoms with Crippen molar-refractivity contribution in [3.8, 4) is 0 Å². The Morgan fingerprint density at radius 1 is 1.47 bits per heavy atom. The van der Waals surface area contributed by atoms with Crippen LogP contribution in [-0.2, 0) is 4.74 Å². The maximum atomic E-state index is 5.57. The van der Waals surface area contributed by atoms with E-state index < -0.39 is 0 Å². The van der Waals surface area contributed by atoms with Crippen molar-refractivity contribution in [2.75, 3.05) is 39.4 Å². The average Bonchev–Trinajstić information content (AvgIpc) is 2.12. The van der Waals surface area contributed by atoms with E-state index in [0.717, 1.165) is 39.4 Å². The van der Waals surface area contributed by atoms with Crippen LogP contribution < -0.4 is 5.32 Å². The maximum absolute atomic E-state index is 5.57. The topological polar surface area (TPSA) is 24.5 Å². The second-order valence-electron chi connectivity index (χ2n) is 4.62. The van der Waals surface area contributed by atoms with Crippen LogP contribution in [0.2, 0.25) is 0 Å². The van der Waals surface area contributed by atoms with Crippen molar-refractivity contribution in [2.45, 2.75) is 26.8 Å². The molecule has 15 heavy (non-hydrogen) atoms. The van der Waals surface area contributed by atoms with Gasteiger partial charge in [0.25, 0.3) is 0 Å². The smallest absolute Gasteiger partial charge is 0.0593 e. The van der Waals surface area contributed by atoms with E-state index in [1.807, 2.05) is 0 Å². The summed E-state index contributed by atoms with van der Waals surface area (Å²) < 4.78 is 5.57. The van der Waals surface area contributed by atoms with E-state index in [2.05, 4.69) is 31.0 Å². The molecule has 92 valence electrons. The molecule has 0 spiro atoms. The molecule has 0 aromatic carbocycles. The van der Waals surface area contributed by atoms with Gasteiger partial charge in [0.1, 0.15) is 0 Å². The quantitative estimate of drug-likeness (QED) is 0.730. The number of hydrogen-bond donors (Lipinski definition) is 1. The lowest BCUT2D eigenvalue weighted by atomic mass is 10.2. The van der Waals surface area contributed by atoms with E-state index in [-0.39, 0.29) is 12.4 Å². The summed E-state index contributed by atoms with van der Waals surface area (Å²) in [4.78, 5) is 2.47. The van der Waals surface area contributed by atoms with Crippen molar-refractivity contribution in [1.29, 1.82) is 0 Å². The Bertz CT molecular complexity index is 156. The van der Waals surface area contributed by atoms with Crippen LogP contribution in [0.1, 0.15) is 20.8 Å². The number of ether oxygens (including phenoxy) is 1. The Morgan fingerprint density at radius 3 is 2.80 bits per heavy atom. The van der Waals surface area contributed by atoms with Crippen LogP contribution in [0.15, 0.2) is 0 Å². The molecule has 0 radical (unpaired) electrons. The molecule has 1 fully saturated rings. The van der Waals surface area contributed by atoms with Crippen LogP contribution in [0.25, 0.3) is 0 Å². The fourth-order valence-corrected chi connectivity index (χ4v) is 1.73. The summed E-state index contributed by atoms with van der Waals surface area (Å²) >= 11 is 0. The lowest BCUT2D eigenvalue weighted by Crippen LogP contribution is -2.49. The fourth-order valence-electron chi connectivity index (χ4n) is 1.73. The summed E-state index contributed by atoms with van der Waals surface area (Å²) in [6.07, 6.45) is 0. The van der Waals surface area contributed by atoms with Crippen LogP contribution in [0.5, 0.6) is 0 Å². The predicted octanol–water partition coefficient (Wildman–Crippen LogP) is 1.37. The molecular weight excluding hydrogens is 212 g/mol. The van der Waals surface area contributed by atoms with Crippen LogP contribution in [-0.4, -0.2) is 50.3 Å². The number of rotatable bonds is 5. The van der Waals surface area contributed by atoms with Crippen molar-refractivity contribution < 1.29 is 4.74 Å². The van der Waals surface area contributed by atoms with E-state index in [9.17, 15) is 0 Å². The molecule has 1 N–H and O–H groups in total. The molecule has 0 aliphatic carbocycles. The van der Waals surface area contributed by atoms with Crippen LogP contribution in [0.3, 0.4) is 0 Å². The second kappa shape index (κ2) is 8.34. The van der Waals surface area contributed by atoms with Gasteiger partial charge in [0, 0.05) is 38.8 Å². The number of piperazine rings is 1. The first-order valence-corrected chi connectivity index (χ1v) is 5.72. The van der Waals surface area contributed by atoms with Gasteiger partial charge in [-0.25, -0.2) is 0 Å². The minimum absolute atomic E-state index is 0. The Labute approximate surface area is 100.0 Å². The highest BCUT2D eigenvalue weighted by atomic mass is 35.5. The maximum Gasteiger partial charge on any atom is 0.0593 e. The molecule has 0 saturated carbocycles. The van der Waals surface area contributed by atoms with Crippen molar-refractivity contribution in [1.82, 2.24) is 10.2 Å². The van der Waals surface area contributed by atoms with E-state index in [4.69, 9.17) is 4.74 Å². The van der Waals surface area contributed by atoms with Gasteiger partial charge in [-0.1, -0.05) is 13.8 Å². The van der Waals surface area contributed by atoms with Gasteiger partial charge >= 0.3 is 0 Å². The SMILES string of the molecule is CC(C)COCCN1CCNC(C)C1.Cl. The molecular formula is C11H25ClN2O. The Balaban J connectivity index is 0.00000196. The first-order chi connectivity index (χ1) is 6.68. The van der Waals surface area contributed by atoms with Crippen molar-refractivity contribution in [3.63, 3.8) is 0 Å². The first kappa shape index (κ1) is 15.2. The van der Waals surface area contributed by atoms with Gasteiger partial charge in [-0.05, 0) is 12.8 Å². The zero-order valence-electron chi connectivity index (χ0n) is 10.2. The van der Waals surface area contributed by atoms with Crippen molar-refractivity contribution in [2.24, 2.45) is 5.92 Å². The number of nitrogens with zero attached hydrogens (tertiary/aromatic N) is 1. The fraction of sp³-hybridized carbons (Fsp3) is 1.00. The van der Waals surface area contributed by atoms with Crippen molar-refractivity contribution >= 4 is 12.4 Å². The first-order valence-electron chi connectivity index (χ1n) is 5.72. The molecule has 0 aromatic rings. The lowest BCUT2D eigenvalue weighted by Gasteiger charge is -2.31. The van der Waals surface area contributed by atoms with E-state index in [1.54, 1.807) is 0 Å². The highest BCUT2D eigenvalue weighted by Gasteiger charge is 2.14. The minimum Gasteiger partial charge on any atom is -0.380 e. The molecule has 0 bridgehead atoms. The summed E-state index contributed by atoms with van der Waals surface area (Å²) in [5.41, 5.74) is 0. The summed E-state index contributed by atoms with van der Waals surface area (Å²) in [5.74, 6) is 0.650. The third-order valence-corrected chi connectivity index (χ3v) is 2.46. The van der Waals surface area contributed by atoms with Gasteiger partial charge in [0.05, 0.1) is 6.61 Å². The lowest BCUT2D eigenvalue weighted by molar-refractivity contribution is 0.0775. The highest BCUT2D eigenvalue weighted by Crippen LogP contribution is 1.98. The molecule has 1 rings (SSSR count). The summed E-state index contributed by atoms with van der Waals surface area (Å²) in [5, 5.41) is 3.44. The zero-order chi connectivity index (χ0) is 10.4. The number of halogens is 1. The standard InChI is InChI=1S/C11H24N2O.ClH/c1-10(2)9-14-7-6-13-5-4-12-11(3)8-13;/h10-12H,4-9H2,1-3H3;1H. The van der Waals surface area contributed by atoms with Crippen LogP contribution in [0, 0.1) is 5.92 Å². The van der Waals surface area contributed by atoms with Crippen molar-refractivity contribution in [3.05, 3.63) is 0 Å². The number of nitrogens with one attached hydrogen (secondary N) is 1. The van der Waals surface area contributed by atoms with Gasteiger partial charge in [0.2, 0.25) is 0 Å². The molecule has 1 aliphatic heterocycles. The Morgan fingerprint density at radius 2 is 2.20 bits per heavy atom. The van der Waals surface area contributed by atoms with Crippen LogP contribution >= 0.6 is 12.4 Å². The monoisotopic (exact) mass is 236 g/mol. The number of hydrogen-bond acceptors (Lipinski definition) is 3. The average molecular weight is 237 g/mol.